The summed E-state index contributed by atoms with van der Waals surface area (Å²) in [7, 11) is 0. The third-order valence-corrected chi connectivity index (χ3v) is 2.86. The van der Waals surface area contributed by atoms with Gasteiger partial charge in [0.15, 0.2) is 0 Å². The van der Waals surface area contributed by atoms with E-state index in [4.69, 9.17) is 0 Å². The second kappa shape index (κ2) is 5.02. The Morgan fingerprint density at radius 1 is 1.17 bits per heavy atom. The summed E-state index contributed by atoms with van der Waals surface area (Å²) < 4.78 is 39.7. The molecule has 0 heterocycles. The van der Waals surface area contributed by atoms with Gasteiger partial charge in [0, 0.05) is 0 Å². The lowest BCUT2D eigenvalue weighted by Gasteiger charge is -2.14. The summed E-state index contributed by atoms with van der Waals surface area (Å²) in [6, 6.07) is 5.32. The van der Waals surface area contributed by atoms with E-state index in [2.05, 4.69) is 4.74 Å². The zero-order valence-electron chi connectivity index (χ0n) is 9.57. The maximum absolute atomic E-state index is 12.0. The molecule has 0 amide bonds. The van der Waals surface area contributed by atoms with Gasteiger partial charge in [-0.25, -0.2) is 0 Å². The van der Waals surface area contributed by atoms with Gasteiger partial charge in [0.05, 0.1) is 0 Å². The number of allylic oxidation sites excluding steroid dienone is 1. The molecule has 1 aromatic carbocycles. The Morgan fingerprint density at radius 2 is 1.83 bits per heavy atom. The smallest absolute Gasteiger partial charge is 0.406 e. The van der Waals surface area contributed by atoms with E-state index < -0.39 is 12.5 Å². The normalized spacial score (nSPS) is 17.4. The van der Waals surface area contributed by atoms with E-state index in [1.54, 1.807) is 0 Å². The van der Waals surface area contributed by atoms with Crippen LogP contribution in [0.3, 0.4) is 0 Å². The number of ether oxygens (including phenoxy) is 1. The van der Waals surface area contributed by atoms with E-state index in [0.29, 0.717) is 5.56 Å². The Labute approximate surface area is 103 Å². The maximum Gasteiger partial charge on any atom is 0.573 e. The van der Waals surface area contributed by atoms with Gasteiger partial charge in [-0.1, -0.05) is 18.2 Å². The second-order valence-corrected chi connectivity index (χ2v) is 4.19. The molecule has 1 aliphatic carbocycles. The first-order valence-corrected chi connectivity index (χ1v) is 5.68. The SMILES string of the molecule is OC(C1=CCCC1)c1ccc(OC(F)(F)F)cc1. The van der Waals surface area contributed by atoms with Crippen LogP contribution < -0.4 is 4.74 Å². The van der Waals surface area contributed by atoms with Gasteiger partial charge in [-0.05, 0) is 42.5 Å². The van der Waals surface area contributed by atoms with Gasteiger partial charge in [-0.3, -0.25) is 0 Å². The summed E-state index contributed by atoms with van der Waals surface area (Å²) in [5.41, 5.74) is 1.51. The first-order chi connectivity index (χ1) is 8.46. The fourth-order valence-electron chi connectivity index (χ4n) is 2.01. The third kappa shape index (κ3) is 3.26. The van der Waals surface area contributed by atoms with Gasteiger partial charge in [0.25, 0.3) is 0 Å². The zero-order valence-corrected chi connectivity index (χ0v) is 9.57. The van der Waals surface area contributed by atoms with Crippen molar-refractivity contribution in [2.24, 2.45) is 0 Å². The molecular formula is C13H13F3O2. The fourth-order valence-corrected chi connectivity index (χ4v) is 2.01. The van der Waals surface area contributed by atoms with E-state index in [0.717, 1.165) is 24.8 Å². The highest BCUT2D eigenvalue weighted by Crippen LogP contribution is 2.31. The van der Waals surface area contributed by atoms with Crippen LogP contribution in [0, 0.1) is 0 Å². The molecule has 0 aromatic heterocycles. The van der Waals surface area contributed by atoms with Crippen LogP contribution in [0.5, 0.6) is 5.75 Å². The van der Waals surface area contributed by atoms with Gasteiger partial charge in [0.2, 0.25) is 0 Å². The molecular weight excluding hydrogens is 245 g/mol. The number of halogens is 3. The van der Waals surface area contributed by atoms with Crippen molar-refractivity contribution in [3.05, 3.63) is 41.5 Å². The van der Waals surface area contributed by atoms with E-state index in [1.807, 2.05) is 6.08 Å². The number of aliphatic hydroxyl groups excluding tert-OH is 1. The Hall–Kier alpha value is -1.49. The predicted octanol–water partition coefficient (Wildman–Crippen LogP) is 3.73. The number of aliphatic hydroxyl groups is 1. The maximum atomic E-state index is 12.0. The summed E-state index contributed by atoms with van der Waals surface area (Å²) in [6.45, 7) is 0. The molecule has 98 valence electrons. The molecule has 1 atom stereocenters. The molecule has 1 aromatic rings. The van der Waals surface area contributed by atoms with Gasteiger partial charge in [-0.15, -0.1) is 13.2 Å². The summed E-state index contributed by atoms with van der Waals surface area (Å²) in [5, 5.41) is 10.0. The molecule has 2 nitrogen and oxygen atoms in total. The standard InChI is InChI=1S/C13H13F3O2/c14-13(15,16)18-11-7-5-10(6-8-11)12(17)9-3-1-2-4-9/h3,5-8,12,17H,1-2,4H2. The largest absolute Gasteiger partial charge is 0.573 e. The minimum Gasteiger partial charge on any atom is -0.406 e. The Bertz CT molecular complexity index is 435. The van der Waals surface area contributed by atoms with Crippen molar-refractivity contribution in [1.82, 2.24) is 0 Å². The lowest BCUT2D eigenvalue weighted by atomic mass is 10.0. The summed E-state index contributed by atoms with van der Waals surface area (Å²) in [5.74, 6) is -0.279. The molecule has 1 unspecified atom stereocenters. The van der Waals surface area contributed by atoms with Gasteiger partial charge >= 0.3 is 6.36 Å². The van der Waals surface area contributed by atoms with Crippen LogP contribution in [-0.2, 0) is 0 Å². The van der Waals surface area contributed by atoms with Crippen LogP contribution in [0.2, 0.25) is 0 Å². The van der Waals surface area contributed by atoms with Crippen LogP contribution in [0.1, 0.15) is 30.9 Å². The Morgan fingerprint density at radius 3 is 2.33 bits per heavy atom. The number of alkyl halides is 3. The van der Waals surface area contributed by atoms with Crippen molar-refractivity contribution >= 4 is 0 Å². The quantitative estimate of drug-likeness (QED) is 0.837. The molecule has 0 fully saturated rings. The first kappa shape index (κ1) is 13.0. The van der Waals surface area contributed by atoms with E-state index in [9.17, 15) is 18.3 Å². The minimum atomic E-state index is -4.69. The van der Waals surface area contributed by atoms with Crippen LogP contribution in [0.4, 0.5) is 13.2 Å². The zero-order chi connectivity index (χ0) is 13.2. The van der Waals surface area contributed by atoms with Crippen molar-refractivity contribution in [2.45, 2.75) is 31.7 Å². The molecule has 0 aliphatic heterocycles. The molecule has 0 bridgehead atoms. The fraction of sp³-hybridized carbons (Fsp3) is 0.385. The molecule has 5 heteroatoms. The van der Waals surface area contributed by atoms with Crippen molar-refractivity contribution in [1.29, 1.82) is 0 Å². The highest BCUT2D eigenvalue weighted by Gasteiger charge is 2.31. The summed E-state index contributed by atoms with van der Waals surface area (Å²) >= 11 is 0. The third-order valence-electron chi connectivity index (χ3n) is 2.86. The molecule has 1 aliphatic rings. The minimum absolute atomic E-state index is 0.279. The average molecular weight is 258 g/mol. The van der Waals surface area contributed by atoms with Crippen LogP contribution >= 0.6 is 0 Å². The van der Waals surface area contributed by atoms with E-state index in [1.165, 1.54) is 24.3 Å². The average Bonchev–Trinajstić information content (AvgIpc) is 2.80. The summed E-state index contributed by atoms with van der Waals surface area (Å²) in [6.07, 6.45) is -0.642. The summed E-state index contributed by atoms with van der Waals surface area (Å²) in [4.78, 5) is 0. The number of hydrogen-bond donors (Lipinski definition) is 1. The monoisotopic (exact) mass is 258 g/mol. The van der Waals surface area contributed by atoms with Crippen molar-refractivity contribution in [2.75, 3.05) is 0 Å². The second-order valence-electron chi connectivity index (χ2n) is 4.19. The highest BCUT2D eigenvalue weighted by atomic mass is 19.4. The van der Waals surface area contributed by atoms with Crippen molar-refractivity contribution in [3.63, 3.8) is 0 Å². The molecule has 0 spiro atoms. The molecule has 2 rings (SSSR count). The van der Waals surface area contributed by atoms with Gasteiger partial charge in [0.1, 0.15) is 11.9 Å². The predicted molar refractivity (Wildman–Crippen MR) is 60.0 cm³/mol. The number of rotatable bonds is 3. The van der Waals surface area contributed by atoms with Crippen molar-refractivity contribution in [3.8, 4) is 5.75 Å². The highest BCUT2D eigenvalue weighted by molar-refractivity contribution is 5.33. The van der Waals surface area contributed by atoms with Crippen molar-refractivity contribution < 1.29 is 23.0 Å². The lowest BCUT2D eigenvalue weighted by molar-refractivity contribution is -0.274. The van der Waals surface area contributed by atoms with E-state index in [-0.39, 0.29) is 5.75 Å². The first-order valence-electron chi connectivity index (χ1n) is 5.68. The number of hydrogen-bond acceptors (Lipinski definition) is 2. The molecule has 1 N–H and O–H groups in total. The van der Waals surface area contributed by atoms with E-state index >= 15 is 0 Å². The molecule has 0 radical (unpaired) electrons. The topological polar surface area (TPSA) is 29.5 Å². The van der Waals surface area contributed by atoms with Crippen LogP contribution in [0.15, 0.2) is 35.9 Å². The lowest BCUT2D eigenvalue weighted by Crippen LogP contribution is -2.17. The van der Waals surface area contributed by atoms with Crippen LogP contribution in [-0.4, -0.2) is 11.5 Å². The van der Waals surface area contributed by atoms with Crippen LogP contribution in [0.25, 0.3) is 0 Å². The molecule has 0 saturated carbocycles. The van der Waals surface area contributed by atoms with Gasteiger partial charge in [-0.2, -0.15) is 0 Å². The number of benzene rings is 1. The Kier molecular flexibility index (Phi) is 3.61. The molecule has 0 saturated heterocycles. The molecule has 18 heavy (non-hydrogen) atoms. The van der Waals surface area contributed by atoms with Gasteiger partial charge < -0.3 is 9.84 Å². The Balaban J connectivity index is 2.07.